The molecule has 5 aliphatic rings. The average molecular weight is 427 g/mol. The Balaban J connectivity index is 1.58. The second-order valence-electron chi connectivity index (χ2n) is 13.6. The molecule has 5 aliphatic carbocycles. The van der Waals surface area contributed by atoms with Gasteiger partial charge in [0.2, 0.25) is 0 Å². The number of rotatable bonds is 0. The van der Waals surface area contributed by atoms with E-state index in [1.165, 1.54) is 31.3 Å². The third-order valence-corrected chi connectivity index (χ3v) is 12.5. The molecule has 5 saturated carbocycles. The topological polar surface area (TPSA) is 40.5 Å². The third-order valence-electron chi connectivity index (χ3n) is 12.5. The summed E-state index contributed by atoms with van der Waals surface area (Å²) in [5.74, 6) is 2.34. The molecular weight excluding hydrogens is 380 g/mol. The standard InChI is InChI=1S/C29H46O2/c1-17-8-11-26(4)14-15-28(6)21(24(26)18(17)2)16-23(31)25-27(5)12-10-22(30)19(3)20(27)9-13-29(25,28)7/h17,20-25,30-31H,2-3,8-16H2,1,4-7H3/t17-,20?,21?,22-,23+,24?,25?,26+,27-,28+,29+/m0/s1. The van der Waals surface area contributed by atoms with Crippen molar-refractivity contribution in [2.24, 2.45) is 51.2 Å². The Morgan fingerprint density at radius 3 is 2.23 bits per heavy atom. The molecule has 0 aromatic rings. The van der Waals surface area contributed by atoms with E-state index in [0.717, 1.165) is 37.7 Å². The molecule has 5 fully saturated rings. The Labute approximate surface area is 190 Å². The molecular formula is C29H46O2. The van der Waals surface area contributed by atoms with Gasteiger partial charge in [0, 0.05) is 0 Å². The molecule has 0 saturated heterocycles. The lowest BCUT2D eigenvalue weighted by Gasteiger charge is -2.73. The SMILES string of the molecule is C=C1C2C3C[C@@H](O)C4[C@@]5(C)CC[C@H](O)C(=C)C5CC[C@@]4(C)[C@]3(C)CC[C@@]2(C)CC[C@@H]1C. The van der Waals surface area contributed by atoms with E-state index in [0.29, 0.717) is 35.0 Å². The van der Waals surface area contributed by atoms with Gasteiger partial charge in [-0.05, 0) is 115 Å². The van der Waals surface area contributed by atoms with Crippen LogP contribution >= 0.6 is 0 Å². The monoisotopic (exact) mass is 426 g/mol. The summed E-state index contributed by atoms with van der Waals surface area (Å²) in [5.41, 5.74) is 3.31. The third kappa shape index (κ3) is 2.64. The predicted molar refractivity (Wildman–Crippen MR) is 127 cm³/mol. The molecule has 31 heavy (non-hydrogen) atoms. The highest BCUT2D eigenvalue weighted by molar-refractivity contribution is 5.27. The molecule has 11 atom stereocenters. The zero-order valence-corrected chi connectivity index (χ0v) is 20.7. The van der Waals surface area contributed by atoms with Crippen molar-refractivity contribution < 1.29 is 10.2 Å². The van der Waals surface area contributed by atoms with Crippen LogP contribution in [0.5, 0.6) is 0 Å². The van der Waals surface area contributed by atoms with Crippen LogP contribution in [0.1, 0.15) is 92.4 Å². The normalized spacial score (nSPS) is 59.3. The maximum atomic E-state index is 11.9. The van der Waals surface area contributed by atoms with E-state index < -0.39 is 0 Å². The number of aliphatic hydroxyl groups is 2. The van der Waals surface area contributed by atoms with E-state index in [4.69, 9.17) is 0 Å². The minimum atomic E-state index is -0.353. The van der Waals surface area contributed by atoms with Gasteiger partial charge in [-0.3, -0.25) is 0 Å². The van der Waals surface area contributed by atoms with Crippen molar-refractivity contribution in [2.75, 3.05) is 0 Å². The van der Waals surface area contributed by atoms with E-state index in [2.05, 4.69) is 47.8 Å². The molecule has 0 heterocycles. The van der Waals surface area contributed by atoms with Crippen LogP contribution in [-0.2, 0) is 0 Å². The van der Waals surface area contributed by atoms with Crippen molar-refractivity contribution in [1.82, 2.24) is 0 Å². The zero-order chi connectivity index (χ0) is 22.6. The molecule has 0 aliphatic heterocycles. The van der Waals surface area contributed by atoms with Crippen LogP contribution in [0.4, 0.5) is 0 Å². The second kappa shape index (κ2) is 6.72. The van der Waals surface area contributed by atoms with E-state index in [1.807, 2.05) is 0 Å². The van der Waals surface area contributed by atoms with E-state index in [9.17, 15) is 10.2 Å². The van der Waals surface area contributed by atoms with Crippen molar-refractivity contribution in [3.63, 3.8) is 0 Å². The number of aliphatic hydroxyl groups excluding tert-OH is 2. The van der Waals surface area contributed by atoms with Crippen LogP contribution in [0, 0.1) is 51.2 Å². The van der Waals surface area contributed by atoms with Crippen molar-refractivity contribution in [3.05, 3.63) is 24.3 Å². The largest absolute Gasteiger partial charge is 0.393 e. The van der Waals surface area contributed by atoms with Gasteiger partial charge in [-0.2, -0.15) is 0 Å². The van der Waals surface area contributed by atoms with Gasteiger partial charge in [-0.1, -0.05) is 53.3 Å². The van der Waals surface area contributed by atoms with Gasteiger partial charge < -0.3 is 10.2 Å². The van der Waals surface area contributed by atoms with Gasteiger partial charge in [-0.15, -0.1) is 0 Å². The van der Waals surface area contributed by atoms with E-state index in [-0.39, 0.29) is 28.5 Å². The Morgan fingerprint density at radius 2 is 1.52 bits per heavy atom. The lowest BCUT2D eigenvalue weighted by atomic mass is 9.32. The summed E-state index contributed by atoms with van der Waals surface area (Å²) in [4.78, 5) is 0. The molecule has 4 unspecified atom stereocenters. The summed E-state index contributed by atoms with van der Waals surface area (Å²) in [6.07, 6.45) is 9.60. The van der Waals surface area contributed by atoms with E-state index >= 15 is 0 Å². The molecule has 0 bridgehead atoms. The fourth-order valence-corrected chi connectivity index (χ4v) is 10.4. The first kappa shape index (κ1) is 22.2. The molecule has 174 valence electrons. The average Bonchev–Trinajstić information content (AvgIpc) is 2.70. The highest BCUT2D eigenvalue weighted by Gasteiger charge is 2.70. The van der Waals surface area contributed by atoms with Gasteiger partial charge in [0.1, 0.15) is 0 Å². The Bertz CT molecular complexity index is 801. The van der Waals surface area contributed by atoms with Gasteiger partial charge in [0.25, 0.3) is 0 Å². The van der Waals surface area contributed by atoms with Gasteiger partial charge in [-0.25, -0.2) is 0 Å². The molecule has 5 rings (SSSR count). The molecule has 0 radical (unpaired) electrons. The molecule has 2 heteroatoms. The van der Waals surface area contributed by atoms with Gasteiger partial charge in [0.05, 0.1) is 12.2 Å². The number of allylic oxidation sites excluding steroid dienone is 1. The Hall–Kier alpha value is -0.600. The fourth-order valence-electron chi connectivity index (χ4n) is 10.4. The highest BCUT2D eigenvalue weighted by Crippen LogP contribution is 2.75. The number of hydrogen-bond acceptors (Lipinski definition) is 2. The van der Waals surface area contributed by atoms with Crippen molar-refractivity contribution in [1.29, 1.82) is 0 Å². The smallest absolute Gasteiger partial charge is 0.0750 e. The van der Waals surface area contributed by atoms with E-state index in [1.54, 1.807) is 0 Å². The summed E-state index contributed by atoms with van der Waals surface area (Å²) in [6.45, 7) is 21.5. The number of hydrogen-bond donors (Lipinski definition) is 2. The fraction of sp³-hybridized carbons (Fsp3) is 0.862. The predicted octanol–water partition coefficient (Wildman–Crippen LogP) is 6.53. The quantitative estimate of drug-likeness (QED) is 0.433. The van der Waals surface area contributed by atoms with Crippen LogP contribution in [0.2, 0.25) is 0 Å². The molecule has 2 nitrogen and oxygen atoms in total. The number of fused-ring (bicyclic) bond motifs is 7. The van der Waals surface area contributed by atoms with Crippen molar-refractivity contribution in [3.8, 4) is 0 Å². The van der Waals surface area contributed by atoms with Crippen LogP contribution in [0.15, 0.2) is 24.3 Å². The Kier molecular flexibility index (Phi) is 4.81. The summed E-state index contributed by atoms with van der Waals surface area (Å²) >= 11 is 0. The molecule has 0 aromatic carbocycles. The summed E-state index contributed by atoms with van der Waals surface area (Å²) in [5, 5.41) is 22.4. The first-order valence-corrected chi connectivity index (χ1v) is 13.1. The van der Waals surface area contributed by atoms with Gasteiger partial charge in [0.15, 0.2) is 0 Å². The maximum absolute atomic E-state index is 11.9. The van der Waals surface area contributed by atoms with Gasteiger partial charge >= 0.3 is 0 Å². The first-order valence-electron chi connectivity index (χ1n) is 13.1. The van der Waals surface area contributed by atoms with Crippen molar-refractivity contribution >= 4 is 0 Å². The van der Waals surface area contributed by atoms with Crippen LogP contribution in [-0.4, -0.2) is 22.4 Å². The van der Waals surface area contributed by atoms with Crippen molar-refractivity contribution in [2.45, 2.75) is 105 Å². The summed E-state index contributed by atoms with van der Waals surface area (Å²) in [6, 6.07) is 0. The lowest BCUT2D eigenvalue weighted by molar-refractivity contribution is -0.253. The minimum Gasteiger partial charge on any atom is -0.393 e. The lowest BCUT2D eigenvalue weighted by Crippen LogP contribution is -2.68. The molecule has 0 aromatic heterocycles. The molecule has 0 spiro atoms. The van der Waals surface area contributed by atoms with Crippen LogP contribution < -0.4 is 0 Å². The van der Waals surface area contributed by atoms with Crippen LogP contribution in [0.3, 0.4) is 0 Å². The molecule has 2 N–H and O–H groups in total. The van der Waals surface area contributed by atoms with Crippen LogP contribution in [0.25, 0.3) is 0 Å². The highest BCUT2D eigenvalue weighted by atomic mass is 16.3. The summed E-state index contributed by atoms with van der Waals surface area (Å²) < 4.78 is 0. The molecule has 0 amide bonds. The first-order chi connectivity index (χ1) is 14.4. The zero-order valence-electron chi connectivity index (χ0n) is 20.7. The maximum Gasteiger partial charge on any atom is 0.0750 e. The minimum absolute atomic E-state index is 0.0499. The second-order valence-corrected chi connectivity index (χ2v) is 13.6. The Morgan fingerprint density at radius 1 is 0.806 bits per heavy atom. The summed E-state index contributed by atoms with van der Waals surface area (Å²) in [7, 11) is 0.